The Hall–Kier alpha value is -1.56. The van der Waals surface area contributed by atoms with Crippen molar-refractivity contribution in [2.24, 2.45) is 0 Å². The molecule has 0 aliphatic heterocycles. The summed E-state index contributed by atoms with van der Waals surface area (Å²) in [5.74, 6) is 0.580. The number of thiophene rings is 1. The summed E-state index contributed by atoms with van der Waals surface area (Å²) in [5, 5.41) is 25.2. The molecule has 108 valence electrons. The summed E-state index contributed by atoms with van der Waals surface area (Å²) in [5.41, 5.74) is 0.0492. The third-order valence-electron chi connectivity index (χ3n) is 3.09. The van der Waals surface area contributed by atoms with Crippen LogP contribution in [0, 0.1) is 0 Å². The lowest BCUT2D eigenvalue weighted by Gasteiger charge is -2.22. The second-order valence-electron chi connectivity index (χ2n) is 4.86. The second kappa shape index (κ2) is 6.26. The van der Waals surface area contributed by atoms with E-state index >= 15 is 0 Å². The maximum Gasteiger partial charge on any atom is 0.160 e. The number of phenolic OH excluding ortho intramolecular Hbond substituents is 1. The lowest BCUT2D eigenvalue weighted by Crippen LogP contribution is -2.34. The molecule has 2 rings (SSSR count). The van der Waals surface area contributed by atoms with E-state index in [4.69, 9.17) is 4.74 Å². The summed E-state index contributed by atoms with van der Waals surface area (Å²) >= 11 is 1.54. The summed E-state index contributed by atoms with van der Waals surface area (Å²) < 4.78 is 5.00. The van der Waals surface area contributed by atoms with Crippen LogP contribution < -0.4 is 10.1 Å². The number of ether oxygens (including phenoxy) is 1. The van der Waals surface area contributed by atoms with Gasteiger partial charge in [-0.05, 0) is 36.1 Å². The predicted octanol–water partition coefficient (Wildman–Crippen LogP) is 2.46. The van der Waals surface area contributed by atoms with Crippen molar-refractivity contribution in [2.45, 2.75) is 19.1 Å². The zero-order valence-corrected chi connectivity index (χ0v) is 12.4. The Balaban J connectivity index is 1.91. The van der Waals surface area contributed by atoms with Crippen molar-refractivity contribution in [1.82, 2.24) is 5.32 Å². The zero-order valence-electron chi connectivity index (χ0n) is 11.6. The highest BCUT2D eigenvalue weighted by atomic mass is 32.1. The van der Waals surface area contributed by atoms with E-state index in [9.17, 15) is 10.2 Å². The highest BCUT2D eigenvalue weighted by Crippen LogP contribution is 2.27. The maximum atomic E-state index is 10.4. The number of hydrogen-bond acceptors (Lipinski definition) is 5. The first-order valence-corrected chi connectivity index (χ1v) is 7.24. The van der Waals surface area contributed by atoms with Gasteiger partial charge < -0.3 is 20.3 Å². The van der Waals surface area contributed by atoms with Gasteiger partial charge in [0.05, 0.1) is 7.11 Å². The van der Waals surface area contributed by atoms with Crippen LogP contribution in [0.15, 0.2) is 35.7 Å². The van der Waals surface area contributed by atoms with E-state index in [-0.39, 0.29) is 5.75 Å². The summed E-state index contributed by atoms with van der Waals surface area (Å²) in [6.45, 7) is 2.80. The van der Waals surface area contributed by atoms with Crippen LogP contribution in [0.25, 0.3) is 0 Å². The van der Waals surface area contributed by atoms with Gasteiger partial charge in [0.25, 0.3) is 0 Å². The molecule has 0 saturated carbocycles. The number of nitrogens with one attached hydrogen (secondary N) is 1. The van der Waals surface area contributed by atoms with E-state index in [1.807, 2.05) is 23.6 Å². The molecule has 20 heavy (non-hydrogen) atoms. The molecule has 2 aromatic rings. The van der Waals surface area contributed by atoms with Gasteiger partial charge >= 0.3 is 0 Å². The van der Waals surface area contributed by atoms with Gasteiger partial charge in [0.2, 0.25) is 0 Å². The Kier molecular flexibility index (Phi) is 4.65. The molecule has 4 nitrogen and oxygen atoms in total. The molecule has 1 aromatic heterocycles. The molecule has 5 heteroatoms. The highest BCUT2D eigenvalue weighted by Gasteiger charge is 2.23. The van der Waals surface area contributed by atoms with Crippen molar-refractivity contribution in [2.75, 3.05) is 13.7 Å². The van der Waals surface area contributed by atoms with Crippen molar-refractivity contribution in [1.29, 1.82) is 0 Å². The van der Waals surface area contributed by atoms with Crippen molar-refractivity contribution >= 4 is 11.3 Å². The van der Waals surface area contributed by atoms with Crippen LogP contribution in [0.4, 0.5) is 0 Å². The molecule has 0 bridgehead atoms. The van der Waals surface area contributed by atoms with E-state index in [1.165, 1.54) is 18.4 Å². The SMILES string of the molecule is COc1ccc(CNCC(C)(O)c2cccs2)cc1O. The van der Waals surface area contributed by atoms with Crippen LogP contribution in [0.5, 0.6) is 11.5 Å². The monoisotopic (exact) mass is 293 g/mol. The number of phenols is 1. The summed E-state index contributed by atoms with van der Waals surface area (Å²) in [7, 11) is 1.52. The number of benzene rings is 1. The maximum absolute atomic E-state index is 10.4. The summed E-state index contributed by atoms with van der Waals surface area (Å²) in [6.07, 6.45) is 0. The van der Waals surface area contributed by atoms with Crippen LogP contribution in [0.3, 0.4) is 0 Å². The Morgan fingerprint density at radius 1 is 1.35 bits per heavy atom. The van der Waals surface area contributed by atoms with Gasteiger partial charge in [0, 0.05) is 18.0 Å². The average molecular weight is 293 g/mol. The fourth-order valence-electron chi connectivity index (χ4n) is 1.97. The first kappa shape index (κ1) is 14.8. The molecule has 1 unspecified atom stereocenters. The van der Waals surface area contributed by atoms with E-state index < -0.39 is 5.60 Å². The van der Waals surface area contributed by atoms with Gasteiger partial charge in [-0.2, -0.15) is 0 Å². The predicted molar refractivity (Wildman–Crippen MR) is 80.3 cm³/mol. The minimum Gasteiger partial charge on any atom is -0.504 e. The molecule has 0 spiro atoms. The number of methoxy groups -OCH3 is 1. The normalized spacial score (nSPS) is 13.9. The van der Waals surface area contributed by atoms with E-state index in [2.05, 4.69) is 5.32 Å². The van der Waals surface area contributed by atoms with Crippen LogP contribution >= 0.6 is 11.3 Å². The van der Waals surface area contributed by atoms with Gasteiger partial charge in [-0.3, -0.25) is 0 Å². The zero-order chi connectivity index (χ0) is 14.6. The van der Waals surface area contributed by atoms with Crippen LogP contribution in [0.2, 0.25) is 0 Å². The fraction of sp³-hybridized carbons (Fsp3) is 0.333. The van der Waals surface area contributed by atoms with Gasteiger partial charge in [-0.1, -0.05) is 12.1 Å². The Morgan fingerprint density at radius 2 is 2.15 bits per heavy atom. The molecule has 1 atom stereocenters. The van der Waals surface area contributed by atoms with E-state index in [0.29, 0.717) is 18.8 Å². The topological polar surface area (TPSA) is 61.7 Å². The standard InChI is InChI=1S/C15H19NO3S/c1-15(18,14-4-3-7-20-14)10-16-9-11-5-6-13(19-2)12(17)8-11/h3-8,16-18H,9-10H2,1-2H3. The largest absolute Gasteiger partial charge is 0.504 e. The molecule has 0 amide bonds. The molecule has 0 aliphatic carbocycles. The fourth-order valence-corrected chi connectivity index (χ4v) is 2.75. The molecule has 1 heterocycles. The number of aliphatic hydroxyl groups is 1. The van der Waals surface area contributed by atoms with E-state index in [0.717, 1.165) is 10.4 Å². The lowest BCUT2D eigenvalue weighted by molar-refractivity contribution is 0.0604. The second-order valence-corrected chi connectivity index (χ2v) is 5.81. The quantitative estimate of drug-likeness (QED) is 0.765. The smallest absolute Gasteiger partial charge is 0.160 e. The van der Waals surface area contributed by atoms with Crippen LogP contribution in [-0.2, 0) is 12.1 Å². The third-order valence-corrected chi connectivity index (χ3v) is 4.22. The van der Waals surface area contributed by atoms with Gasteiger partial charge in [0.15, 0.2) is 11.5 Å². The average Bonchev–Trinajstić information content (AvgIpc) is 2.93. The first-order chi connectivity index (χ1) is 9.53. The molecule has 0 radical (unpaired) electrons. The van der Waals surface area contributed by atoms with Crippen molar-refractivity contribution in [3.05, 3.63) is 46.2 Å². The van der Waals surface area contributed by atoms with Gasteiger partial charge in [0.1, 0.15) is 5.60 Å². The Morgan fingerprint density at radius 3 is 2.75 bits per heavy atom. The Bertz CT molecular complexity index is 552. The molecular formula is C15H19NO3S. The molecule has 0 fully saturated rings. The van der Waals surface area contributed by atoms with Crippen molar-refractivity contribution in [3.63, 3.8) is 0 Å². The van der Waals surface area contributed by atoms with Gasteiger partial charge in [-0.25, -0.2) is 0 Å². The number of hydrogen-bond donors (Lipinski definition) is 3. The first-order valence-electron chi connectivity index (χ1n) is 6.36. The van der Waals surface area contributed by atoms with E-state index in [1.54, 1.807) is 19.1 Å². The molecule has 1 aromatic carbocycles. The molecular weight excluding hydrogens is 274 g/mol. The minimum atomic E-state index is -0.886. The van der Waals surface area contributed by atoms with Crippen molar-refractivity contribution < 1.29 is 14.9 Å². The summed E-state index contributed by atoms with van der Waals surface area (Å²) in [6, 6.07) is 9.11. The molecule has 0 saturated heterocycles. The highest BCUT2D eigenvalue weighted by molar-refractivity contribution is 7.10. The van der Waals surface area contributed by atoms with Crippen molar-refractivity contribution in [3.8, 4) is 11.5 Å². The molecule has 3 N–H and O–H groups in total. The van der Waals surface area contributed by atoms with Crippen LogP contribution in [0.1, 0.15) is 17.4 Å². The lowest BCUT2D eigenvalue weighted by atomic mass is 10.1. The Labute approximate surface area is 122 Å². The summed E-state index contributed by atoms with van der Waals surface area (Å²) in [4.78, 5) is 0.933. The third kappa shape index (κ3) is 3.50. The minimum absolute atomic E-state index is 0.122. The number of rotatable bonds is 6. The van der Waals surface area contributed by atoms with Gasteiger partial charge in [-0.15, -0.1) is 11.3 Å². The van der Waals surface area contributed by atoms with Crippen LogP contribution in [-0.4, -0.2) is 23.9 Å². The number of aromatic hydroxyl groups is 1. The molecule has 0 aliphatic rings.